The van der Waals surface area contributed by atoms with Crippen LogP contribution in [0.4, 0.5) is 0 Å². The van der Waals surface area contributed by atoms with Crippen molar-refractivity contribution in [2.24, 2.45) is 5.73 Å². The van der Waals surface area contributed by atoms with Crippen LogP contribution in [0.1, 0.15) is 25.5 Å². The first kappa shape index (κ1) is 15.8. The van der Waals surface area contributed by atoms with E-state index < -0.39 is 20.6 Å². The van der Waals surface area contributed by atoms with Gasteiger partial charge in [0.25, 0.3) is 0 Å². The third-order valence-electron chi connectivity index (χ3n) is 4.18. The molecular weight excluding hydrogens is 286 g/mol. The second-order valence-electron chi connectivity index (χ2n) is 5.76. The molecule has 0 aliphatic carbocycles. The summed E-state index contributed by atoms with van der Waals surface area (Å²) < 4.78 is 28.3. The lowest BCUT2D eigenvalue weighted by atomic mass is 9.91. The van der Waals surface area contributed by atoms with Crippen molar-refractivity contribution in [1.29, 1.82) is 0 Å². The van der Waals surface area contributed by atoms with Gasteiger partial charge in [0.15, 0.2) is 9.84 Å². The summed E-state index contributed by atoms with van der Waals surface area (Å²) in [5, 5.41) is 1.85. The summed E-state index contributed by atoms with van der Waals surface area (Å²) in [5.41, 5.74) is 7.10. The minimum Gasteiger partial charge on any atom is -0.496 e. The fourth-order valence-electron chi connectivity index (χ4n) is 2.35. The van der Waals surface area contributed by atoms with Crippen molar-refractivity contribution in [3.63, 3.8) is 0 Å². The van der Waals surface area contributed by atoms with E-state index in [2.05, 4.69) is 0 Å². The SMILES string of the molecule is COc1ccc(C(N)C(C)(C)S(C)(=O)=O)c2ccccc12. The number of ether oxygens (including phenoxy) is 1. The predicted molar refractivity (Wildman–Crippen MR) is 86.4 cm³/mol. The van der Waals surface area contributed by atoms with Crippen LogP contribution in [0.2, 0.25) is 0 Å². The molecule has 114 valence electrons. The molecule has 1 unspecified atom stereocenters. The van der Waals surface area contributed by atoms with Gasteiger partial charge in [0.05, 0.1) is 11.9 Å². The highest BCUT2D eigenvalue weighted by Crippen LogP contribution is 2.36. The number of sulfone groups is 1. The monoisotopic (exact) mass is 307 g/mol. The van der Waals surface area contributed by atoms with Crippen molar-refractivity contribution < 1.29 is 13.2 Å². The first-order chi connectivity index (χ1) is 9.70. The number of rotatable bonds is 4. The molecule has 0 aromatic heterocycles. The van der Waals surface area contributed by atoms with Crippen molar-refractivity contribution in [2.75, 3.05) is 13.4 Å². The molecule has 2 aromatic rings. The Bertz CT molecular complexity index is 766. The molecule has 4 nitrogen and oxygen atoms in total. The molecule has 21 heavy (non-hydrogen) atoms. The number of fused-ring (bicyclic) bond motifs is 1. The highest BCUT2D eigenvalue weighted by Gasteiger charge is 2.38. The van der Waals surface area contributed by atoms with Crippen molar-refractivity contribution in [3.05, 3.63) is 42.0 Å². The Kier molecular flexibility index (Phi) is 4.00. The summed E-state index contributed by atoms with van der Waals surface area (Å²) in [5.74, 6) is 0.749. The van der Waals surface area contributed by atoms with Crippen LogP contribution < -0.4 is 10.5 Å². The maximum atomic E-state index is 12.0. The molecule has 2 N–H and O–H groups in total. The molecule has 0 fully saturated rings. The lowest BCUT2D eigenvalue weighted by molar-refractivity contribution is 0.419. The molecule has 0 amide bonds. The lowest BCUT2D eigenvalue weighted by Crippen LogP contribution is -2.42. The van der Waals surface area contributed by atoms with Gasteiger partial charge in [-0.2, -0.15) is 0 Å². The minimum absolute atomic E-state index is 0.622. The van der Waals surface area contributed by atoms with E-state index in [1.165, 1.54) is 6.26 Å². The second-order valence-corrected chi connectivity index (χ2v) is 8.35. The third-order valence-corrected chi connectivity index (χ3v) is 6.34. The van der Waals surface area contributed by atoms with Gasteiger partial charge in [-0.3, -0.25) is 0 Å². The van der Waals surface area contributed by atoms with Gasteiger partial charge in [0.1, 0.15) is 5.75 Å². The van der Waals surface area contributed by atoms with Crippen molar-refractivity contribution >= 4 is 20.6 Å². The molecule has 5 heteroatoms. The minimum atomic E-state index is -3.29. The van der Waals surface area contributed by atoms with Crippen molar-refractivity contribution in [2.45, 2.75) is 24.6 Å². The molecule has 2 aromatic carbocycles. The number of hydrogen-bond acceptors (Lipinski definition) is 4. The van der Waals surface area contributed by atoms with Crippen LogP contribution in [0.5, 0.6) is 5.75 Å². The fraction of sp³-hybridized carbons (Fsp3) is 0.375. The maximum absolute atomic E-state index is 12.0. The zero-order valence-electron chi connectivity index (χ0n) is 12.8. The molecule has 0 aliphatic heterocycles. The van der Waals surface area contributed by atoms with Crippen LogP contribution in [0.15, 0.2) is 36.4 Å². The largest absolute Gasteiger partial charge is 0.496 e. The normalized spacial score (nSPS) is 14.1. The molecule has 1 atom stereocenters. The van der Waals surface area contributed by atoms with E-state index in [1.54, 1.807) is 21.0 Å². The lowest BCUT2D eigenvalue weighted by Gasteiger charge is -2.31. The predicted octanol–water partition coefficient (Wildman–Crippen LogP) is 2.67. The number of hydrogen-bond donors (Lipinski definition) is 1. The van der Waals surface area contributed by atoms with E-state index in [0.717, 1.165) is 22.1 Å². The Hall–Kier alpha value is -1.59. The molecular formula is C16H21NO3S. The molecule has 0 saturated heterocycles. The van der Waals surface area contributed by atoms with Crippen LogP contribution in [-0.2, 0) is 9.84 Å². The van der Waals surface area contributed by atoms with Gasteiger partial charge >= 0.3 is 0 Å². The summed E-state index contributed by atoms with van der Waals surface area (Å²) in [7, 11) is -1.68. The summed E-state index contributed by atoms with van der Waals surface area (Å²) >= 11 is 0. The fourth-order valence-corrected chi connectivity index (χ4v) is 2.94. The van der Waals surface area contributed by atoms with E-state index in [0.29, 0.717) is 0 Å². The highest BCUT2D eigenvalue weighted by molar-refractivity contribution is 7.92. The van der Waals surface area contributed by atoms with Gasteiger partial charge in [-0.1, -0.05) is 30.3 Å². The second kappa shape index (κ2) is 5.31. The Morgan fingerprint density at radius 2 is 1.67 bits per heavy atom. The van der Waals surface area contributed by atoms with E-state index in [-0.39, 0.29) is 0 Å². The first-order valence-corrected chi connectivity index (χ1v) is 8.60. The van der Waals surface area contributed by atoms with Gasteiger partial charge in [-0.15, -0.1) is 0 Å². The zero-order valence-corrected chi connectivity index (χ0v) is 13.6. The third kappa shape index (κ3) is 2.63. The van der Waals surface area contributed by atoms with E-state index in [1.807, 2.05) is 36.4 Å². The quantitative estimate of drug-likeness (QED) is 0.943. The van der Waals surface area contributed by atoms with Gasteiger partial charge in [0, 0.05) is 17.7 Å². The van der Waals surface area contributed by atoms with Crippen LogP contribution in [-0.4, -0.2) is 26.5 Å². The summed E-state index contributed by atoms with van der Waals surface area (Å²) in [6.07, 6.45) is 1.22. The highest BCUT2D eigenvalue weighted by atomic mass is 32.2. The Labute approximate surface area is 125 Å². The Morgan fingerprint density at radius 3 is 2.19 bits per heavy atom. The topological polar surface area (TPSA) is 69.4 Å². The first-order valence-electron chi connectivity index (χ1n) is 6.71. The Balaban J connectivity index is 2.69. The van der Waals surface area contributed by atoms with Crippen LogP contribution in [0, 0.1) is 0 Å². The molecule has 0 heterocycles. The van der Waals surface area contributed by atoms with E-state index in [4.69, 9.17) is 10.5 Å². The van der Waals surface area contributed by atoms with Gasteiger partial charge in [-0.25, -0.2) is 8.42 Å². The molecule has 0 radical (unpaired) electrons. The van der Waals surface area contributed by atoms with Crippen LogP contribution >= 0.6 is 0 Å². The summed E-state index contributed by atoms with van der Waals surface area (Å²) in [4.78, 5) is 0. The van der Waals surface area contributed by atoms with Crippen molar-refractivity contribution in [1.82, 2.24) is 0 Å². The van der Waals surface area contributed by atoms with E-state index in [9.17, 15) is 8.42 Å². The molecule has 0 bridgehead atoms. The summed E-state index contributed by atoms with van der Waals surface area (Å²) in [6.45, 7) is 3.32. The smallest absolute Gasteiger partial charge is 0.154 e. The van der Waals surface area contributed by atoms with E-state index >= 15 is 0 Å². The molecule has 0 saturated carbocycles. The maximum Gasteiger partial charge on any atom is 0.154 e. The standard InChI is InChI=1S/C16H21NO3S/c1-16(2,21(4,18)19)15(17)13-9-10-14(20-3)12-8-6-5-7-11(12)13/h5-10,15H,17H2,1-4H3. The Morgan fingerprint density at radius 1 is 1.10 bits per heavy atom. The van der Waals surface area contributed by atoms with Crippen molar-refractivity contribution in [3.8, 4) is 5.75 Å². The number of nitrogens with two attached hydrogens (primary N) is 1. The molecule has 2 rings (SSSR count). The zero-order chi connectivity index (χ0) is 15.8. The number of benzene rings is 2. The van der Waals surface area contributed by atoms with Gasteiger partial charge in [0.2, 0.25) is 0 Å². The van der Waals surface area contributed by atoms with Gasteiger partial charge < -0.3 is 10.5 Å². The molecule has 0 spiro atoms. The van der Waals surface area contributed by atoms with Gasteiger partial charge in [-0.05, 0) is 30.9 Å². The summed E-state index contributed by atoms with van der Waals surface area (Å²) in [6, 6.07) is 10.8. The average Bonchev–Trinajstić information content (AvgIpc) is 2.44. The molecule has 0 aliphatic rings. The number of methoxy groups -OCH3 is 1. The van der Waals surface area contributed by atoms with Crippen LogP contribution in [0.25, 0.3) is 10.8 Å². The average molecular weight is 307 g/mol. The van der Waals surface area contributed by atoms with Crippen LogP contribution in [0.3, 0.4) is 0 Å².